The normalized spacial score (nSPS) is 11.8. The van der Waals surface area contributed by atoms with Gasteiger partial charge in [-0.2, -0.15) is 0 Å². The first-order chi connectivity index (χ1) is 13.5. The van der Waals surface area contributed by atoms with Crippen LogP contribution in [0.1, 0.15) is 16.7 Å². The third-order valence-corrected chi connectivity index (χ3v) is 4.87. The van der Waals surface area contributed by atoms with E-state index in [-0.39, 0.29) is 0 Å². The summed E-state index contributed by atoms with van der Waals surface area (Å²) < 4.78 is 11.5. The van der Waals surface area contributed by atoms with Crippen molar-refractivity contribution in [3.63, 3.8) is 0 Å². The fourth-order valence-corrected chi connectivity index (χ4v) is 3.33. The lowest BCUT2D eigenvalue weighted by molar-refractivity contribution is 0.415. The summed E-state index contributed by atoms with van der Waals surface area (Å²) in [7, 11) is 1.67. The molecule has 1 aromatic heterocycles. The van der Waals surface area contributed by atoms with Gasteiger partial charge in [0.05, 0.1) is 18.2 Å². The number of rotatable bonds is 3. The number of nitrogens with zero attached hydrogens (tertiary/aromatic N) is 1. The van der Waals surface area contributed by atoms with Crippen molar-refractivity contribution in [1.82, 2.24) is 0 Å². The first-order valence-electron chi connectivity index (χ1n) is 9.34. The highest BCUT2D eigenvalue weighted by molar-refractivity contribution is 5.79. The maximum atomic E-state index is 6.20. The Morgan fingerprint density at radius 2 is 1.50 bits per heavy atom. The summed E-state index contributed by atoms with van der Waals surface area (Å²) >= 11 is 0. The first kappa shape index (κ1) is 18.1. The average molecular weight is 369 g/mol. The van der Waals surface area contributed by atoms with Gasteiger partial charge in [-0.25, -0.2) is 4.99 Å². The third-order valence-electron chi connectivity index (χ3n) is 4.87. The van der Waals surface area contributed by atoms with Crippen LogP contribution in [0.5, 0.6) is 5.75 Å². The van der Waals surface area contributed by atoms with Gasteiger partial charge in [-0.1, -0.05) is 29.3 Å². The number of ether oxygens (including phenoxy) is 1. The predicted octanol–water partition coefficient (Wildman–Crippen LogP) is 6.27. The summed E-state index contributed by atoms with van der Waals surface area (Å²) in [5, 5.41) is 1.92. The highest BCUT2D eigenvalue weighted by atomic mass is 16.5. The van der Waals surface area contributed by atoms with E-state index in [4.69, 9.17) is 14.1 Å². The molecule has 4 aromatic rings. The van der Waals surface area contributed by atoms with Gasteiger partial charge in [0.1, 0.15) is 17.1 Å². The van der Waals surface area contributed by atoms with Crippen molar-refractivity contribution >= 4 is 16.7 Å². The fourth-order valence-electron chi connectivity index (χ4n) is 3.33. The molecule has 0 bridgehead atoms. The van der Waals surface area contributed by atoms with Gasteiger partial charge in [-0.15, -0.1) is 0 Å². The lowest BCUT2D eigenvalue weighted by Crippen LogP contribution is -2.04. The zero-order valence-corrected chi connectivity index (χ0v) is 16.6. The van der Waals surface area contributed by atoms with E-state index in [2.05, 4.69) is 51.1 Å². The molecular formula is C25H23NO2. The number of hydrogen-bond acceptors (Lipinski definition) is 3. The molecule has 0 atom stereocenters. The van der Waals surface area contributed by atoms with Crippen LogP contribution in [0, 0.1) is 20.8 Å². The first-order valence-corrected chi connectivity index (χ1v) is 9.34. The topological polar surface area (TPSA) is 34.7 Å². The van der Waals surface area contributed by atoms with Gasteiger partial charge < -0.3 is 9.15 Å². The minimum absolute atomic E-state index is 0.780. The van der Waals surface area contributed by atoms with Gasteiger partial charge in [0.2, 0.25) is 0 Å². The molecule has 0 N–H and O–H groups in total. The van der Waals surface area contributed by atoms with Crippen LogP contribution in [-0.4, -0.2) is 7.11 Å². The summed E-state index contributed by atoms with van der Waals surface area (Å²) in [6.45, 7) is 6.27. The molecule has 3 nitrogen and oxygen atoms in total. The molecule has 0 unspecified atom stereocenters. The molecule has 28 heavy (non-hydrogen) atoms. The van der Waals surface area contributed by atoms with Crippen molar-refractivity contribution in [2.24, 2.45) is 4.99 Å². The smallest absolute Gasteiger partial charge is 0.136 e. The van der Waals surface area contributed by atoms with Crippen molar-refractivity contribution in [2.75, 3.05) is 7.11 Å². The molecule has 0 amide bonds. The Bertz CT molecular complexity index is 1220. The van der Waals surface area contributed by atoms with Crippen molar-refractivity contribution < 1.29 is 9.15 Å². The Hall–Kier alpha value is -3.33. The molecule has 0 fully saturated rings. The van der Waals surface area contributed by atoms with Gasteiger partial charge in [0.15, 0.2) is 0 Å². The molecule has 0 aliphatic rings. The SMILES string of the molecule is COc1ccc(-c2cc(=Nc3ccc(C)cc3C)c3cc(C)ccc3o2)cc1. The van der Waals surface area contributed by atoms with Crippen LogP contribution in [0.25, 0.3) is 22.3 Å². The van der Waals surface area contributed by atoms with Crippen molar-refractivity contribution in [1.29, 1.82) is 0 Å². The van der Waals surface area contributed by atoms with Crippen molar-refractivity contribution in [3.8, 4) is 17.1 Å². The van der Waals surface area contributed by atoms with E-state index in [1.54, 1.807) is 7.11 Å². The van der Waals surface area contributed by atoms with Gasteiger partial charge >= 0.3 is 0 Å². The van der Waals surface area contributed by atoms with Crippen LogP contribution in [0.3, 0.4) is 0 Å². The Balaban J connectivity index is 1.97. The number of fused-ring (bicyclic) bond motifs is 1. The second kappa shape index (κ2) is 7.35. The van der Waals surface area contributed by atoms with Crippen LogP contribution in [-0.2, 0) is 0 Å². The standard InChI is InChI=1S/C25H23NO2/c1-16-5-11-22(18(3)13-16)26-23-15-25(19-7-9-20(27-4)10-8-19)28-24-12-6-17(2)14-21(23)24/h5-15H,1-4H3. The molecule has 0 spiro atoms. The highest BCUT2D eigenvalue weighted by Gasteiger charge is 2.08. The molecule has 0 saturated heterocycles. The maximum absolute atomic E-state index is 6.20. The van der Waals surface area contributed by atoms with E-state index in [0.717, 1.165) is 44.7 Å². The van der Waals surface area contributed by atoms with Crippen molar-refractivity contribution in [3.05, 3.63) is 88.8 Å². The zero-order valence-electron chi connectivity index (χ0n) is 16.6. The molecule has 3 aromatic carbocycles. The molecule has 140 valence electrons. The van der Waals surface area contributed by atoms with Crippen molar-refractivity contribution in [2.45, 2.75) is 20.8 Å². The number of methoxy groups -OCH3 is 1. The molecule has 4 rings (SSSR count). The van der Waals surface area contributed by atoms with Crippen LogP contribution in [0.4, 0.5) is 5.69 Å². The van der Waals surface area contributed by atoms with Crippen LogP contribution < -0.4 is 10.1 Å². The largest absolute Gasteiger partial charge is 0.497 e. The molecule has 0 aliphatic carbocycles. The highest BCUT2D eigenvalue weighted by Crippen LogP contribution is 2.26. The number of benzene rings is 3. The minimum atomic E-state index is 0.780. The second-order valence-corrected chi connectivity index (χ2v) is 7.13. The quantitative estimate of drug-likeness (QED) is 0.427. The van der Waals surface area contributed by atoms with E-state index in [1.807, 2.05) is 36.4 Å². The molecular weight excluding hydrogens is 346 g/mol. The minimum Gasteiger partial charge on any atom is -0.497 e. The molecule has 3 heteroatoms. The third kappa shape index (κ3) is 3.56. The summed E-state index contributed by atoms with van der Waals surface area (Å²) in [6, 6.07) is 22.4. The van der Waals surface area contributed by atoms with Gasteiger partial charge in [-0.3, -0.25) is 0 Å². The fraction of sp³-hybridized carbons (Fsp3) is 0.160. The van der Waals surface area contributed by atoms with E-state index >= 15 is 0 Å². The van der Waals surface area contributed by atoms with E-state index in [0.29, 0.717) is 0 Å². The average Bonchev–Trinajstić information content (AvgIpc) is 2.70. The van der Waals surface area contributed by atoms with Crippen LogP contribution >= 0.6 is 0 Å². The van der Waals surface area contributed by atoms with Gasteiger partial charge in [0, 0.05) is 17.0 Å². The Morgan fingerprint density at radius 3 is 2.21 bits per heavy atom. The zero-order chi connectivity index (χ0) is 19.7. The second-order valence-electron chi connectivity index (χ2n) is 7.13. The summed E-state index contributed by atoms with van der Waals surface area (Å²) in [5.74, 6) is 1.60. The lowest BCUT2D eigenvalue weighted by atomic mass is 10.1. The van der Waals surface area contributed by atoms with E-state index in [9.17, 15) is 0 Å². The number of hydrogen-bond donors (Lipinski definition) is 0. The maximum Gasteiger partial charge on any atom is 0.136 e. The predicted molar refractivity (Wildman–Crippen MR) is 114 cm³/mol. The van der Waals surface area contributed by atoms with E-state index in [1.165, 1.54) is 11.1 Å². The van der Waals surface area contributed by atoms with Gasteiger partial charge in [0.25, 0.3) is 0 Å². The van der Waals surface area contributed by atoms with E-state index < -0.39 is 0 Å². The summed E-state index contributed by atoms with van der Waals surface area (Å²) in [4.78, 5) is 4.99. The molecule has 0 saturated carbocycles. The Morgan fingerprint density at radius 1 is 0.786 bits per heavy atom. The molecule has 0 radical (unpaired) electrons. The van der Waals surface area contributed by atoms with Crippen LogP contribution in [0.2, 0.25) is 0 Å². The lowest BCUT2D eigenvalue weighted by Gasteiger charge is -2.08. The molecule has 0 aliphatic heterocycles. The Labute approximate surface area is 165 Å². The summed E-state index contributed by atoms with van der Waals surface area (Å²) in [5.41, 5.74) is 6.35. The number of aryl methyl sites for hydroxylation is 3. The monoisotopic (exact) mass is 369 g/mol. The van der Waals surface area contributed by atoms with Crippen LogP contribution in [0.15, 0.2) is 76.1 Å². The summed E-state index contributed by atoms with van der Waals surface area (Å²) in [6.07, 6.45) is 0. The molecule has 1 heterocycles. The van der Waals surface area contributed by atoms with Gasteiger partial charge in [-0.05, 0) is 68.8 Å². The Kier molecular flexibility index (Phi) is 4.74.